The van der Waals surface area contributed by atoms with Crippen molar-refractivity contribution in [3.05, 3.63) is 53.2 Å². The number of amides is 2. The molecule has 7 nitrogen and oxygen atoms in total. The van der Waals surface area contributed by atoms with Crippen molar-refractivity contribution >= 4 is 33.9 Å². The van der Waals surface area contributed by atoms with Gasteiger partial charge in [-0.2, -0.15) is 0 Å². The molecule has 1 unspecified atom stereocenters. The van der Waals surface area contributed by atoms with Gasteiger partial charge < -0.3 is 14.0 Å². The van der Waals surface area contributed by atoms with E-state index >= 15 is 0 Å². The normalized spacial score (nSPS) is 20.2. The molecule has 0 bridgehead atoms. The number of rotatable bonds is 11. The van der Waals surface area contributed by atoms with Crippen LogP contribution in [-0.2, 0) is 22.6 Å². The van der Waals surface area contributed by atoms with E-state index < -0.39 is 16.1 Å². The van der Waals surface area contributed by atoms with E-state index in [4.69, 9.17) is 14.0 Å². The highest BCUT2D eigenvalue weighted by atomic mass is 32.2. The second kappa shape index (κ2) is 11.8. The maximum atomic E-state index is 14.9. The monoisotopic (exact) mass is 540 g/mol. The van der Waals surface area contributed by atoms with Gasteiger partial charge in [-0.05, 0) is 54.8 Å². The van der Waals surface area contributed by atoms with Crippen molar-refractivity contribution in [2.45, 2.75) is 69.7 Å². The molecule has 1 saturated heterocycles. The molecule has 1 aromatic heterocycles. The lowest BCUT2D eigenvalue weighted by Crippen LogP contribution is -2.30. The summed E-state index contributed by atoms with van der Waals surface area (Å²) in [6.45, 7) is 3.02. The SMILES string of the molecule is CCCc1c(OCCCOc2ccc(C3(F)SC(=O)NC3=O)cc2)ccc2c(CC3CCCCC3)noc12. The molecular weight excluding hydrogens is 507 g/mol. The molecule has 5 rings (SSSR count). The fraction of sp³-hybridized carbons (Fsp3) is 0.483. The van der Waals surface area contributed by atoms with Crippen LogP contribution in [0.1, 0.15) is 68.7 Å². The number of fused-ring (bicyclic) bond motifs is 1. The third-order valence-electron chi connectivity index (χ3n) is 7.26. The van der Waals surface area contributed by atoms with Crippen LogP contribution >= 0.6 is 11.8 Å². The second-order valence-corrected chi connectivity index (χ2v) is 11.2. The van der Waals surface area contributed by atoms with Crippen LogP contribution in [0.2, 0.25) is 0 Å². The number of carbonyl (C=O) groups excluding carboxylic acids is 2. The molecule has 202 valence electrons. The molecule has 2 fully saturated rings. The number of nitrogens with one attached hydrogen (secondary N) is 1. The minimum absolute atomic E-state index is 0.106. The third-order valence-corrected chi connectivity index (χ3v) is 8.25. The van der Waals surface area contributed by atoms with E-state index in [0.717, 1.165) is 47.2 Å². The number of aryl methyl sites for hydroxylation is 1. The summed E-state index contributed by atoms with van der Waals surface area (Å²) < 4.78 is 32.6. The van der Waals surface area contributed by atoms with Crippen molar-refractivity contribution in [3.8, 4) is 11.5 Å². The molecule has 0 radical (unpaired) electrons. The van der Waals surface area contributed by atoms with E-state index in [0.29, 0.717) is 43.1 Å². The smallest absolute Gasteiger partial charge is 0.289 e. The number of carbonyl (C=O) groups is 2. The maximum absolute atomic E-state index is 14.9. The summed E-state index contributed by atoms with van der Waals surface area (Å²) in [5, 5.41) is 4.43. The quantitative estimate of drug-likeness (QED) is 0.266. The minimum Gasteiger partial charge on any atom is -0.493 e. The number of imide groups is 1. The summed E-state index contributed by atoms with van der Waals surface area (Å²) in [6, 6.07) is 10.2. The molecule has 1 N–H and O–H groups in total. The topological polar surface area (TPSA) is 90.7 Å². The van der Waals surface area contributed by atoms with Crippen molar-refractivity contribution in [1.29, 1.82) is 0 Å². The summed E-state index contributed by atoms with van der Waals surface area (Å²) >= 11 is 0.337. The Hall–Kier alpha value is -3.07. The first-order valence-corrected chi connectivity index (χ1v) is 14.3. The molecule has 0 spiro atoms. The first-order valence-electron chi connectivity index (χ1n) is 13.5. The number of hydrogen-bond acceptors (Lipinski definition) is 7. The van der Waals surface area contributed by atoms with Gasteiger partial charge in [0.25, 0.3) is 16.1 Å². The number of alkyl halides is 1. The van der Waals surface area contributed by atoms with Crippen LogP contribution in [0.25, 0.3) is 11.0 Å². The lowest BCUT2D eigenvalue weighted by atomic mass is 9.85. The Balaban J connectivity index is 1.15. The van der Waals surface area contributed by atoms with E-state index in [-0.39, 0.29) is 5.56 Å². The van der Waals surface area contributed by atoms with Gasteiger partial charge in [0, 0.05) is 22.9 Å². The summed E-state index contributed by atoms with van der Waals surface area (Å²) in [7, 11) is 0. The molecule has 1 aliphatic heterocycles. The minimum atomic E-state index is -2.40. The molecule has 1 aliphatic carbocycles. The highest BCUT2D eigenvalue weighted by molar-refractivity contribution is 8.15. The summed E-state index contributed by atoms with van der Waals surface area (Å²) in [5.41, 5.74) is 3.08. The number of hydrogen-bond donors (Lipinski definition) is 1. The molecule has 1 atom stereocenters. The molecule has 38 heavy (non-hydrogen) atoms. The van der Waals surface area contributed by atoms with E-state index in [1.165, 1.54) is 44.2 Å². The molecule has 2 aromatic carbocycles. The van der Waals surface area contributed by atoms with Crippen molar-refractivity contribution in [2.24, 2.45) is 5.92 Å². The zero-order valence-electron chi connectivity index (χ0n) is 21.6. The Morgan fingerprint density at radius 3 is 2.55 bits per heavy atom. The van der Waals surface area contributed by atoms with Crippen LogP contribution in [0.15, 0.2) is 40.9 Å². The van der Waals surface area contributed by atoms with Gasteiger partial charge in [-0.3, -0.25) is 14.9 Å². The maximum Gasteiger partial charge on any atom is 0.289 e. The fourth-order valence-electron chi connectivity index (χ4n) is 5.28. The summed E-state index contributed by atoms with van der Waals surface area (Å²) in [4.78, 5) is 23.1. The summed E-state index contributed by atoms with van der Waals surface area (Å²) in [6.07, 6.45) is 9.97. The standard InChI is InChI=1S/C29H33FN2O5S/c1-2-7-23-25(15-14-22-24(32-37-26(22)23)18-19-8-4-3-5-9-19)36-17-6-16-35-21-12-10-20(11-13-21)29(30)27(33)31-28(34)38-29/h10-15,19H,2-9,16-18H2,1H3,(H,31,33,34). The zero-order chi connectivity index (χ0) is 26.5. The van der Waals surface area contributed by atoms with Gasteiger partial charge >= 0.3 is 0 Å². The first-order chi connectivity index (χ1) is 18.5. The lowest BCUT2D eigenvalue weighted by Gasteiger charge is -2.20. The van der Waals surface area contributed by atoms with Gasteiger partial charge in [0.15, 0.2) is 5.58 Å². The summed E-state index contributed by atoms with van der Waals surface area (Å²) in [5.74, 6) is 1.11. The number of nitrogens with zero attached hydrogens (tertiary/aromatic N) is 1. The van der Waals surface area contributed by atoms with Crippen LogP contribution in [0.3, 0.4) is 0 Å². The molecule has 9 heteroatoms. The molecule has 3 aromatic rings. The predicted octanol–water partition coefficient (Wildman–Crippen LogP) is 6.86. The Bertz CT molecular complexity index is 1290. The van der Waals surface area contributed by atoms with Crippen LogP contribution < -0.4 is 14.8 Å². The van der Waals surface area contributed by atoms with E-state index in [1.54, 1.807) is 12.1 Å². The van der Waals surface area contributed by atoms with Gasteiger partial charge in [-0.25, -0.2) is 4.39 Å². The zero-order valence-corrected chi connectivity index (χ0v) is 22.4. The van der Waals surface area contributed by atoms with Crippen molar-refractivity contribution in [3.63, 3.8) is 0 Å². The third kappa shape index (κ3) is 5.67. The molecule has 2 heterocycles. The second-order valence-electron chi connectivity index (χ2n) is 10.0. The average Bonchev–Trinajstić information content (AvgIpc) is 3.45. The van der Waals surface area contributed by atoms with Crippen LogP contribution in [-0.4, -0.2) is 29.5 Å². The highest BCUT2D eigenvalue weighted by Gasteiger charge is 2.50. The largest absolute Gasteiger partial charge is 0.493 e. The van der Waals surface area contributed by atoms with E-state index in [1.807, 2.05) is 11.4 Å². The predicted molar refractivity (Wildman–Crippen MR) is 144 cm³/mol. The van der Waals surface area contributed by atoms with E-state index in [2.05, 4.69) is 18.1 Å². The number of halogens is 1. The van der Waals surface area contributed by atoms with Gasteiger partial charge in [-0.15, -0.1) is 0 Å². The Kier molecular flexibility index (Phi) is 8.21. The van der Waals surface area contributed by atoms with Gasteiger partial charge in [0.05, 0.1) is 18.9 Å². The van der Waals surface area contributed by atoms with Crippen molar-refractivity contribution in [2.75, 3.05) is 13.2 Å². The lowest BCUT2D eigenvalue weighted by molar-refractivity contribution is -0.126. The van der Waals surface area contributed by atoms with Crippen LogP contribution in [0, 0.1) is 5.92 Å². The Morgan fingerprint density at radius 2 is 1.84 bits per heavy atom. The number of aromatic nitrogens is 1. The number of thioether (sulfide) groups is 1. The number of benzene rings is 2. The van der Waals surface area contributed by atoms with Crippen LogP contribution in [0.4, 0.5) is 9.18 Å². The van der Waals surface area contributed by atoms with Gasteiger partial charge in [0.2, 0.25) is 0 Å². The highest BCUT2D eigenvalue weighted by Crippen LogP contribution is 2.43. The average molecular weight is 541 g/mol. The molecule has 1 saturated carbocycles. The van der Waals surface area contributed by atoms with Crippen LogP contribution in [0.5, 0.6) is 11.5 Å². The number of ether oxygens (including phenoxy) is 2. The molecular formula is C29H33FN2O5S. The van der Waals surface area contributed by atoms with E-state index in [9.17, 15) is 14.0 Å². The first kappa shape index (κ1) is 26.5. The Labute approximate surface area is 225 Å². The molecule has 2 amide bonds. The Morgan fingerprint density at radius 1 is 1.08 bits per heavy atom. The fourth-order valence-corrected chi connectivity index (χ4v) is 6.08. The molecule has 2 aliphatic rings. The van der Waals surface area contributed by atoms with Crippen molar-refractivity contribution in [1.82, 2.24) is 10.5 Å². The van der Waals surface area contributed by atoms with Gasteiger partial charge in [-0.1, -0.05) is 62.7 Å². The van der Waals surface area contributed by atoms with Gasteiger partial charge in [0.1, 0.15) is 11.5 Å². The van der Waals surface area contributed by atoms with Crippen molar-refractivity contribution < 1.29 is 28.0 Å².